The Morgan fingerprint density at radius 3 is 2.90 bits per heavy atom. The average molecular weight is 137 g/mol. The third-order valence-corrected chi connectivity index (χ3v) is 0.946. The van der Waals surface area contributed by atoms with Crippen LogP contribution in [0.3, 0.4) is 0 Å². The Hall–Kier alpha value is -1.18. The zero-order valence-corrected chi connectivity index (χ0v) is 6.08. The number of carbonyl (C=O) groups is 1. The van der Waals surface area contributed by atoms with Crippen molar-refractivity contribution in [1.29, 1.82) is 0 Å². The van der Waals surface area contributed by atoms with Crippen molar-refractivity contribution in [2.75, 3.05) is 6.54 Å². The van der Waals surface area contributed by atoms with Crippen LogP contribution in [0, 0.1) is 0 Å². The maximum Gasteiger partial charge on any atom is 0.143 e. The molecule has 0 heterocycles. The van der Waals surface area contributed by atoms with Gasteiger partial charge in [0.25, 0.3) is 0 Å². The quantitative estimate of drug-likeness (QED) is 0.249. The Morgan fingerprint density at radius 2 is 2.40 bits per heavy atom. The first-order valence-electron chi connectivity index (χ1n) is 3.02. The number of hydrogen-bond donors (Lipinski definition) is 0. The van der Waals surface area contributed by atoms with E-state index in [1.165, 1.54) is 6.08 Å². The SMILES string of the molecule is C=NC/C=C\C(C)=C/C=O. The molecular weight excluding hydrogens is 126 g/mol. The van der Waals surface area contributed by atoms with Gasteiger partial charge in [-0.1, -0.05) is 12.2 Å². The standard InChI is InChI=1S/C8H11NO/c1-8(5-7-10)4-3-6-9-2/h3-5,7H,2,6H2,1H3/b4-3-,8-5-. The van der Waals surface area contributed by atoms with Gasteiger partial charge >= 0.3 is 0 Å². The molecule has 0 saturated heterocycles. The van der Waals surface area contributed by atoms with Crippen LogP contribution in [0.1, 0.15) is 6.92 Å². The summed E-state index contributed by atoms with van der Waals surface area (Å²) in [5, 5.41) is 0. The topological polar surface area (TPSA) is 29.4 Å². The first-order valence-corrected chi connectivity index (χ1v) is 3.02. The van der Waals surface area contributed by atoms with Gasteiger partial charge < -0.3 is 0 Å². The van der Waals surface area contributed by atoms with E-state index >= 15 is 0 Å². The molecule has 0 aliphatic heterocycles. The molecule has 0 saturated carbocycles. The normalized spacial score (nSPS) is 11.9. The molecule has 10 heavy (non-hydrogen) atoms. The molecule has 0 aliphatic carbocycles. The van der Waals surface area contributed by atoms with Crippen LogP contribution in [0.4, 0.5) is 0 Å². The summed E-state index contributed by atoms with van der Waals surface area (Å²) in [5.74, 6) is 0. The summed E-state index contributed by atoms with van der Waals surface area (Å²) in [6, 6.07) is 0. The summed E-state index contributed by atoms with van der Waals surface area (Å²) in [6.45, 7) is 5.77. The number of nitrogens with zero attached hydrogens (tertiary/aromatic N) is 1. The minimum absolute atomic E-state index is 0.601. The van der Waals surface area contributed by atoms with Crippen molar-refractivity contribution >= 4 is 13.0 Å². The van der Waals surface area contributed by atoms with E-state index in [0.29, 0.717) is 6.54 Å². The van der Waals surface area contributed by atoms with Crippen molar-refractivity contribution in [3.8, 4) is 0 Å². The lowest BCUT2D eigenvalue weighted by atomic mass is 10.2. The number of hydrogen-bond acceptors (Lipinski definition) is 2. The van der Waals surface area contributed by atoms with Crippen LogP contribution in [0.5, 0.6) is 0 Å². The number of carbonyl (C=O) groups excluding carboxylic acids is 1. The Balaban J connectivity index is 3.75. The monoisotopic (exact) mass is 137 g/mol. The molecule has 0 aromatic rings. The summed E-state index contributed by atoms with van der Waals surface area (Å²) < 4.78 is 0. The molecular formula is C8H11NO. The number of aliphatic imine (C=N–C) groups is 1. The molecule has 0 amide bonds. The fourth-order valence-electron chi connectivity index (χ4n) is 0.476. The van der Waals surface area contributed by atoms with Gasteiger partial charge in [-0.2, -0.15) is 0 Å². The predicted octanol–water partition coefficient (Wildman–Crippen LogP) is 1.39. The third kappa shape index (κ3) is 4.97. The highest BCUT2D eigenvalue weighted by atomic mass is 16.1. The zero-order chi connectivity index (χ0) is 7.82. The lowest BCUT2D eigenvalue weighted by molar-refractivity contribution is -0.104. The van der Waals surface area contributed by atoms with E-state index in [2.05, 4.69) is 11.7 Å². The van der Waals surface area contributed by atoms with Crippen molar-refractivity contribution in [2.24, 2.45) is 4.99 Å². The minimum atomic E-state index is 0.601. The molecule has 0 fully saturated rings. The molecule has 0 aromatic heterocycles. The van der Waals surface area contributed by atoms with E-state index in [9.17, 15) is 4.79 Å². The fraction of sp³-hybridized carbons (Fsp3) is 0.250. The van der Waals surface area contributed by atoms with Crippen LogP contribution >= 0.6 is 0 Å². The third-order valence-electron chi connectivity index (χ3n) is 0.946. The van der Waals surface area contributed by atoms with Crippen LogP contribution in [0.15, 0.2) is 28.8 Å². The highest BCUT2D eigenvalue weighted by Gasteiger charge is 1.76. The van der Waals surface area contributed by atoms with E-state index in [1.54, 1.807) is 0 Å². The van der Waals surface area contributed by atoms with E-state index in [4.69, 9.17) is 0 Å². The summed E-state index contributed by atoms with van der Waals surface area (Å²) in [7, 11) is 0. The molecule has 0 atom stereocenters. The smallest absolute Gasteiger partial charge is 0.143 e. The molecule has 54 valence electrons. The number of aldehydes is 1. The molecule has 0 rings (SSSR count). The molecule has 2 heteroatoms. The van der Waals surface area contributed by atoms with Crippen LogP contribution in [-0.2, 0) is 4.79 Å². The van der Waals surface area contributed by atoms with Crippen molar-refractivity contribution in [3.05, 3.63) is 23.8 Å². The van der Waals surface area contributed by atoms with Crippen LogP contribution in [0.2, 0.25) is 0 Å². The molecule has 0 radical (unpaired) electrons. The van der Waals surface area contributed by atoms with Gasteiger partial charge in [-0.15, -0.1) is 0 Å². The first-order chi connectivity index (χ1) is 4.81. The first kappa shape index (κ1) is 8.82. The molecule has 0 aliphatic rings. The largest absolute Gasteiger partial charge is 0.299 e. The van der Waals surface area contributed by atoms with Crippen molar-refractivity contribution < 1.29 is 4.79 Å². The van der Waals surface area contributed by atoms with E-state index in [-0.39, 0.29) is 0 Å². The molecule has 2 nitrogen and oxygen atoms in total. The Bertz CT molecular complexity index is 168. The van der Waals surface area contributed by atoms with Gasteiger partial charge in [0.2, 0.25) is 0 Å². The zero-order valence-electron chi connectivity index (χ0n) is 6.08. The van der Waals surface area contributed by atoms with Crippen molar-refractivity contribution in [2.45, 2.75) is 6.92 Å². The van der Waals surface area contributed by atoms with Crippen molar-refractivity contribution in [1.82, 2.24) is 0 Å². The number of rotatable bonds is 4. The van der Waals surface area contributed by atoms with Gasteiger partial charge in [0.05, 0.1) is 6.54 Å². The molecule has 0 N–H and O–H groups in total. The summed E-state index contributed by atoms with van der Waals surface area (Å²) in [6.07, 6.45) is 5.95. The molecule has 0 spiro atoms. The predicted molar refractivity (Wildman–Crippen MR) is 43.4 cm³/mol. The minimum Gasteiger partial charge on any atom is -0.299 e. The van der Waals surface area contributed by atoms with Gasteiger partial charge in [0.15, 0.2) is 0 Å². The lowest BCUT2D eigenvalue weighted by Crippen LogP contribution is -1.72. The fourth-order valence-corrected chi connectivity index (χ4v) is 0.476. The molecule has 0 bridgehead atoms. The summed E-state index contributed by atoms with van der Waals surface area (Å²) in [5.41, 5.74) is 0.929. The van der Waals surface area contributed by atoms with Crippen LogP contribution in [-0.4, -0.2) is 19.5 Å². The van der Waals surface area contributed by atoms with Gasteiger partial charge in [-0.05, 0) is 25.3 Å². The molecule has 0 unspecified atom stereocenters. The summed E-state index contributed by atoms with van der Waals surface area (Å²) in [4.78, 5) is 13.5. The Kier molecular flexibility index (Phi) is 5.25. The van der Waals surface area contributed by atoms with Gasteiger partial charge in [0, 0.05) is 0 Å². The van der Waals surface area contributed by atoms with Crippen LogP contribution < -0.4 is 0 Å². The van der Waals surface area contributed by atoms with E-state index in [1.807, 2.05) is 19.1 Å². The van der Waals surface area contributed by atoms with Gasteiger partial charge in [-0.25, -0.2) is 0 Å². The second-order valence-corrected chi connectivity index (χ2v) is 1.86. The maximum absolute atomic E-state index is 9.90. The average Bonchev–Trinajstić information content (AvgIpc) is 1.89. The van der Waals surface area contributed by atoms with E-state index < -0.39 is 0 Å². The number of allylic oxidation sites excluding steroid dienone is 3. The Labute approximate surface area is 61.0 Å². The van der Waals surface area contributed by atoms with Crippen LogP contribution in [0.25, 0.3) is 0 Å². The van der Waals surface area contributed by atoms with Crippen molar-refractivity contribution in [3.63, 3.8) is 0 Å². The van der Waals surface area contributed by atoms with Gasteiger partial charge in [0.1, 0.15) is 6.29 Å². The second-order valence-electron chi connectivity index (χ2n) is 1.86. The second kappa shape index (κ2) is 5.95. The maximum atomic E-state index is 9.90. The Morgan fingerprint density at radius 1 is 1.70 bits per heavy atom. The van der Waals surface area contributed by atoms with E-state index in [0.717, 1.165) is 11.9 Å². The highest BCUT2D eigenvalue weighted by molar-refractivity contribution is 5.66. The highest BCUT2D eigenvalue weighted by Crippen LogP contribution is 1.91. The molecule has 0 aromatic carbocycles. The van der Waals surface area contributed by atoms with Gasteiger partial charge in [-0.3, -0.25) is 9.79 Å². The summed E-state index contributed by atoms with van der Waals surface area (Å²) >= 11 is 0. The lowest BCUT2D eigenvalue weighted by Gasteiger charge is -1.84.